The van der Waals surface area contributed by atoms with E-state index in [1.54, 1.807) is 12.1 Å². The molecular weight excluding hydrogens is 403 g/mol. The Balaban J connectivity index is 1.78. The highest BCUT2D eigenvalue weighted by molar-refractivity contribution is 5.67. The van der Waals surface area contributed by atoms with E-state index in [2.05, 4.69) is 19.2 Å². The van der Waals surface area contributed by atoms with Gasteiger partial charge < -0.3 is 10.4 Å². The molecule has 0 saturated heterocycles. The molecule has 0 spiro atoms. The smallest absolute Gasteiger partial charge is 0.416 e. The molecule has 2 saturated carbocycles. The van der Waals surface area contributed by atoms with Crippen molar-refractivity contribution in [2.45, 2.75) is 95.8 Å². The molecule has 6 heteroatoms. The van der Waals surface area contributed by atoms with Crippen molar-refractivity contribution in [3.63, 3.8) is 0 Å². The number of carboxylic acid groups (broad SMARTS) is 1. The summed E-state index contributed by atoms with van der Waals surface area (Å²) in [6, 6.07) is 6.04. The maximum absolute atomic E-state index is 13.0. The second-order valence-electron chi connectivity index (χ2n) is 10.0. The molecule has 2 aliphatic carbocycles. The van der Waals surface area contributed by atoms with Crippen LogP contribution in [-0.4, -0.2) is 23.2 Å². The minimum Gasteiger partial charge on any atom is -0.481 e. The third-order valence-electron chi connectivity index (χ3n) is 7.38. The van der Waals surface area contributed by atoms with E-state index in [9.17, 15) is 23.1 Å². The van der Waals surface area contributed by atoms with Gasteiger partial charge in [-0.3, -0.25) is 4.79 Å². The van der Waals surface area contributed by atoms with Gasteiger partial charge in [0, 0.05) is 18.5 Å². The first-order valence-electron chi connectivity index (χ1n) is 11.8. The van der Waals surface area contributed by atoms with Gasteiger partial charge in [-0.1, -0.05) is 51.7 Å². The number of nitrogens with one attached hydrogen (secondary N) is 1. The molecule has 0 amide bonds. The number of halogens is 3. The first-order chi connectivity index (χ1) is 14.6. The second kappa shape index (κ2) is 10.4. The van der Waals surface area contributed by atoms with Crippen LogP contribution in [0.15, 0.2) is 24.3 Å². The van der Waals surface area contributed by atoms with Crippen LogP contribution >= 0.6 is 0 Å². The number of benzene rings is 1. The summed E-state index contributed by atoms with van der Waals surface area (Å²) in [7, 11) is 0. The zero-order valence-electron chi connectivity index (χ0n) is 18.6. The maximum Gasteiger partial charge on any atom is 0.416 e. The van der Waals surface area contributed by atoms with Crippen molar-refractivity contribution < 1.29 is 23.1 Å². The van der Waals surface area contributed by atoms with Gasteiger partial charge in [-0.2, -0.15) is 13.2 Å². The first kappa shape index (κ1) is 24.1. The molecule has 1 aromatic rings. The predicted molar refractivity (Wildman–Crippen MR) is 116 cm³/mol. The number of aliphatic carboxylic acids is 1. The normalized spacial score (nSPS) is 26.3. The Morgan fingerprint density at radius 3 is 2.26 bits per heavy atom. The second-order valence-corrected chi connectivity index (χ2v) is 10.0. The highest BCUT2D eigenvalue weighted by Crippen LogP contribution is 2.40. The lowest BCUT2D eigenvalue weighted by atomic mass is 9.73. The molecule has 1 unspecified atom stereocenters. The molecule has 4 atom stereocenters. The standard InChI is InChI=1S/C25H36F3NO2/c1-16(2)23(14-17-5-3-4-6-17)29-22-12-7-18(15-24(30)31)13-21(22)19-8-10-20(11-9-19)25(26,27)28/h8-11,16-18,21-23,29H,3-7,12-15H2,1-2H3,(H,30,31)/t18-,21+,22-,23?/m1/s1. The van der Waals surface area contributed by atoms with E-state index >= 15 is 0 Å². The average molecular weight is 440 g/mol. The van der Waals surface area contributed by atoms with Crippen molar-refractivity contribution in [3.8, 4) is 0 Å². The van der Waals surface area contributed by atoms with Crippen molar-refractivity contribution in [2.75, 3.05) is 0 Å². The summed E-state index contributed by atoms with van der Waals surface area (Å²) in [6.07, 6.45) is 4.52. The number of alkyl halides is 3. The van der Waals surface area contributed by atoms with Crippen molar-refractivity contribution in [2.24, 2.45) is 17.8 Å². The van der Waals surface area contributed by atoms with E-state index < -0.39 is 17.7 Å². The molecule has 1 aromatic carbocycles. The minimum absolute atomic E-state index is 0.0326. The number of hydrogen-bond acceptors (Lipinski definition) is 2. The summed E-state index contributed by atoms with van der Waals surface area (Å²) >= 11 is 0. The van der Waals surface area contributed by atoms with Crippen LogP contribution in [0.4, 0.5) is 13.2 Å². The Bertz CT molecular complexity index is 710. The van der Waals surface area contributed by atoms with Gasteiger partial charge in [0.2, 0.25) is 0 Å². The van der Waals surface area contributed by atoms with Crippen LogP contribution in [0.5, 0.6) is 0 Å². The average Bonchev–Trinajstić information content (AvgIpc) is 3.20. The monoisotopic (exact) mass is 439 g/mol. The van der Waals surface area contributed by atoms with Gasteiger partial charge in [0.1, 0.15) is 0 Å². The van der Waals surface area contributed by atoms with E-state index in [1.807, 2.05) is 0 Å². The van der Waals surface area contributed by atoms with Crippen LogP contribution in [0.1, 0.15) is 88.7 Å². The maximum atomic E-state index is 13.0. The van der Waals surface area contributed by atoms with Gasteiger partial charge in [-0.25, -0.2) is 0 Å². The molecular formula is C25H36F3NO2. The summed E-state index contributed by atoms with van der Waals surface area (Å²) in [4.78, 5) is 11.3. The van der Waals surface area contributed by atoms with Gasteiger partial charge in [0.15, 0.2) is 0 Å². The van der Waals surface area contributed by atoms with Crippen LogP contribution in [0.25, 0.3) is 0 Å². The zero-order valence-corrected chi connectivity index (χ0v) is 18.6. The van der Waals surface area contributed by atoms with Gasteiger partial charge in [0.25, 0.3) is 0 Å². The van der Waals surface area contributed by atoms with Crippen LogP contribution in [0.2, 0.25) is 0 Å². The van der Waals surface area contributed by atoms with Crippen molar-refractivity contribution in [1.29, 1.82) is 0 Å². The fourth-order valence-electron chi connectivity index (χ4n) is 5.59. The largest absolute Gasteiger partial charge is 0.481 e. The summed E-state index contributed by atoms with van der Waals surface area (Å²) in [5.41, 5.74) is 0.240. The quantitative estimate of drug-likeness (QED) is 0.478. The Hall–Kier alpha value is -1.56. The molecule has 31 heavy (non-hydrogen) atoms. The zero-order chi connectivity index (χ0) is 22.6. The van der Waals surface area contributed by atoms with E-state index in [0.717, 1.165) is 42.9 Å². The third kappa shape index (κ3) is 6.71. The van der Waals surface area contributed by atoms with Crippen molar-refractivity contribution >= 4 is 5.97 Å². The SMILES string of the molecule is CC(C)C(CC1CCCC1)N[C@@H]1CC[C@@H](CC(=O)O)C[C@H]1c1ccc(C(F)(F)F)cc1. The van der Waals surface area contributed by atoms with E-state index in [4.69, 9.17) is 0 Å². The fraction of sp³-hybridized carbons (Fsp3) is 0.720. The summed E-state index contributed by atoms with van der Waals surface area (Å²) in [6.45, 7) is 4.46. The number of hydrogen-bond donors (Lipinski definition) is 2. The molecule has 0 aliphatic heterocycles. The Morgan fingerprint density at radius 1 is 1.06 bits per heavy atom. The minimum atomic E-state index is -4.35. The van der Waals surface area contributed by atoms with Gasteiger partial charge in [-0.05, 0) is 67.1 Å². The predicted octanol–water partition coefficient (Wildman–Crippen LogP) is 6.63. The molecule has 0 aromatic heterocycles. The molecule has 0 bridgehead atoms. The van der Waals surface area contributed by atoms with Crippen LogP contribution in [-0.2, 0) is 11.0 Å². The lowest BCUT2D eigenvalue weighted by Gasteiger charge is -2.40. The topological polar surface area (TPSA) is 49.3 Å². The summed E-state index contributed by atoms with van der Waals surface area (Å²) in [5, 5.41) is 13.1. The Labute approximate surface area is 183 Å². The van der Waals surface area contributed by atoms with E-state index in [0.29, 0.717) is 18.4 Å². The third-order valence-corrected chi connectivity index (χ3v) is 7.38. The molecule has 0 heterocycles. The Morgan fingerprint density at radius 2 is 1.71 bits per heavy atom. The highest BCUT2D eigenvalue weighted by atomic mass is 19.4. The van der Waals surface area contributed by atoms with E-state index in [-0.39, 0.29) is 24.3 Å². The van der Waals surface area contributed by atoms with Crippen LogP contribution in [0, 0.1) is 17.8 Å². The number of carboxylic acids is 1. The van der Waals surface area contributed by atoms with Gasteiger partial charge >= 0.3 is 12.1 Å². The van der Waals surface area contributed by atoms with Gasteiger partial charge in [-0.15, -0.1) is 0 Å². The summed E-state index contributed by atoms with van der Waals surface area (Å²) < 4.78 is 39.1. The molecule has 0 radical (unpaired) electrons. The molecule has 2 aliphatic rings. The molecule has 174 valence electrons. The Kier molecular flexibility index (Phi) is 8.06. The number of rotatable bonds is 8. The molecule has 3 rings (SSSR count). The van der Waals surface area contributed by atoms with Crippen molar-refractivity contribution in [3.05, 3.63) is 35.4 Å². The fourth-order valence-corrected chi connectivity index (χ4v) is 5.59. The summed E-state index contributed by atoms with van der Waals surface area (Å²) in [5.74, 6) is 0.530. The molecule has 2 fully saturated rings. The van der Waals surface area contributed by atoms with Crippen LogP contribution in [0.3, 0.4) is 0 Å². The number of carbonyl (C=O) groups is 1. The first-order valence-corrected chi connectivity index (χ1v) is 11.8. The molecule has 2 N–H and O–H groups in total. The lowest BCUT2D eigenvalue weighted by molar-refractivity contribution is -0.139. The van der Waals surface area contributed by atoms with Gasteiger partial charge in [0.05, 0.1) is 5.56 Å². The highest BCUT2D eigenvalue weighted by Gasteiger charge is 2.36. The van der Waals surface area contributed by atoms with Crippen LogP contribution < -0.4 is 5.32 Å². The van der Waals surface area contributed by atoms with E-state index in [1.165, 1.54) is 25.7 Å². The van der Waals surface area contributed by atoms with Crippen molar-refractivity contribution in [1.82, 2.24) is 5.32 Å². The molecule has 3 nitrogen and oxygen atoms in total. The lowest BCUT2D eigenvalue weighted by Crippen LogP contribution is -2.47.